The maximum absolute atomic E-state index is 6.05. The van der Waals surface area contributed by atoms with Crippen LogP contribution in [0.3, 0.4) is 0 Å². The van der Waals surface area contributed by atoms with Gasteiger partial charge in [0.05, 0.1) is 0 Å². The summed E-state index contributed by atoms with van der Waals surface area (Å²) in [6.07, 6.45) is 8.90. The number of hydrogen-bond acceptors (Lipinski definition) is 1. The molecular formula is C11H20OSi. The van der Waals surface area contributed by atoms with E-state index in [0.29, 0.717) is 5.54 Å². The second-order valence-electron chi connectivity index (χ2n) is 3.50. The van der Waals surface area contributed by atoms with E-state index in [2.05, 4.69) is 45.1 Å². The van der Waals surface area contributed by atoms with Crippen LogP contribution in [0.15, 0.2) is 24.3 Å². The van der Waals surface area contributed by atoms with Crippen molar-refractivity contribution in [2.24, 2.45) is 0 Å². The molecular weight excluding hydrogens is 176 g/mol. The van der Waals surface area contributed by atoms with Gasteiger partial charge >= 0.3 is 0 Å². The van der Waals surface area contributed by atoms with Crippen molar-refractivity contribution in [2.75, 3.05) is 6.61 Å². The van der Waals surface area contributed by atoms with Crippen molar-refractivity contribution in [3.8, 4) is 0 Å². The fourth-order valence-electron chi connectivity index (χ4n) is 2.09. The Morgan fingerprint density at radius 1 is 1.08 bits per heavy atom. The molecule has 0 aromatic carbocycles. The summed E-state index contributed by atoms with van der Waals surface area (Å²) in [5.41, 5.74) is 0.613. The Balaban J connectivity index is 2.74. The lowest BCUT2D eigenvalue weighted by Gasteiger charge is -2.32. The zero-order valence-corrected chi connectivity index (χ0v) is 9.92. The maximum atomic E-state index is 6.05. The predicted octanol–water partition coefficient (Wildman–Crippen LogP) is 3.50. The highest BCUT2D eigenvalue weighted by Gasteiger charge is 2.37. The van der Waals surface area contributed by atoms with Gasteiger partial charge in [0.15, 0.2) is 0 Å². The Bertz CT molecular complexity index is 192. The Hall–Kier alpha value is -0.343. The summed E-state index contributed by atoms with van der Waals surface area (Å²) in [5.74, 6) is 0. The Labute approximate surface area is 82.6 Å². The molecule has 1 nitrogen and oxygen atoms in total. The molecule has 1 aliphatic carbocycles. The normalized spacial score (nSPS) is 17.2. The second kappa shape index (κ2) is 4.77. The van der Waals surface area contributed by atoms with Crippen molar-refractivity contribution < 1.29 is 4.43 Å². The van der Waals surface area contributed by atoms with E-state index in [1.807, 2.05) is 0 Å². The largest absolute Gasteiger partial charge is 0.416 e. The maximum Gasteiger partial charge on any atom is 0.202 e. The van der Waals surface area contributed by atoms with E-state index in [-0.39, 0.29) is 0 Å². The Morgan fingerprint density at radius 3 is 2.00 bits per heavy atom. The SMILES string of the molecule is CCO[Si](CC)(CC)C1C=CC=C1. The Kier molecular flexibility index (Phi) is 3.94. The summed E-state index contributed by atoms with van der Waals surface area (Å²) in [7, 11) is -1.48. The van der Waals surface area contributed by atoms with Crippen molar-refractivity contribution in [2.45, 2.75) is 38.4 Å². The van der Waals surface area contributed by atoms with E-state index in [0.717, 1.165) is 6.61 Å². The van der Waals surface area contributed by atoms with Gasteiger partial charge in [0, 0.05) is 12.1 Å². The third-order valence-electron chi connectivity index (χ3n) is 2.98. The molecule has 13 heavy (non-hydrogen) atoms. The highest BCUT2D eigenvalue weighted by atomic mass is 28.4. The summed E-state index contributed by atoms with van der Waals surface area (Å²) < 4.78 is 6.05. The molecule has 74 valence electrons. The van der Waals surface area contributed by atoms with Gasteiger partial charge in [-0.3, -0.25) is 0 Å². The molecule has 0 radical (unpaired) electrons. The Morgan fingerprint density at radius 2 is 1.62 bits per heavy atom. The highest BCUT2D eigenvalue weighted by molar-refractivity contribution is 6.76. The first-order valence-corrected chi connectivity index (χ1v) is 7.68. The lowest BCUT2D eigenvalue weighted by Crippen LogP contribution is -2.40. The second-order valence-corrected chi connectivity index (χ2v) is 8.00. The van der Waals surface area contributed by atoms with Gasteiger partial charge in [-0.2, -0.15) is 0 Å². The van der Waals surface area contributed by atoms with Crippen LogP contribution in [0, 0.1) is 0 Å². The highest BCUT2D eigenvalue weighted by Crippen LogP contribution is 2.35. The molecule has 0 saturated carbocycles. The number of hydrogen-bond donors (Lipinski definition) is 0. The van der Waals surface area contributed by atoms with Gasteiger partial charge in [0.1, 0.15) is 0 Å². The fraction of sp³-hybridized carbons (Fsp3) is 0.636. The van der Waals surface area contributed by atoms with Crippen LogP contribution in [0.2, 0.25) is 17.6 Å². The van der Waals surface area contributed by atoms with Gasteiger partial charge in [0.2, 0.25) is 8.32 Å². The third-order valence-corrected chi connectivity index (χ3v) is 7.84. The van der Waals surface area contributed by atoms with Crippen LogP contribution in [0.25, 0.3) is 0 Å². The molecule has 0 aromatic heterocycles. The zero-order valence-electron chi connectivity index (χ0n) is 8.92. The van der Waals surface area contributed by atoms with Crippen molar-refractivity contribution in [1.82, 2.24) is 0 Å². The first-order valence-electron chi connectivity index (χ1n) is 5.28. The van der Waals surface area contributed by atoms with Crippen molar-refractivity contribution in [3.63, 3.8) is 0 Å². The van der Waals surface area contributed by atoms with Crippen LogP contribution < -0.4 is 0 Å². The third kappa shape index (κ3) is 2.12. The quantitative estimate of drug-likeness (QED) is 0.611. The molecule has 1 aliphatic rings. The average molecular weight is 196 g/mol. The van der Waals surface area contributed by atoms with E-state index < -0.39 is 8.32 Å². The molecule has 0 saturated heterocycles. The van der Waals surface area contributed by atoms with E-state index in [9.17, 15) is 0 Å². The van der Waals surface area contributed by atoms with Crippen molar-refractivity contribution in [3.05, 3.63) is 24.3 Å². The van der Waals surface area contributed by atoms with Crippen LogP contribution in [0.5, 0.6) is 0 Å². The summed E-state index contributed by atoms with van der Waals surface area (Å²) in [6, 6.07) is 2.44. The lowest BCUT2D eigenvalue weighted by atomic mass is 10.5. The van der Waals surface area contributed by atoms with Gasteiger partial charge in [-0.05, 0) is 19.0 Å². The molecule has 0 unspecified atom stereocenters. The minimum atomic E-state index is -1.48. The van der Waals surface area contributed by atoms with E-state index in [4.69, 9.17) is 4.43 Å². The number of rotatable bonds is 5. The molecule has 0 fully saturated rings. The van der Waals surface area contributed by atoms with Crippen molar-refractivity contribution in [1.29, 1.82) is 0 Å². The van der Waals surface area contributed by atoms with Crippen LogP contribution in [-0.2, 0) is 4.43 Å². The molecule has 0 N–H and O–H groups in total. The monoisotopic (exact) mass is 196 g/mol. The van der Waals surface area contributed by atoms with E-state index >= 15 is 0 Å². The molecule has 0 bridgehead atoms. The first kappa shape index (κ1) is 10.7. The van der Waals surface area contributed by atoms with Gasteiger partial charge < -0.3 is 4.43 Å². The fourth-order valence-corrected chi connectivity index (χ4v) is 5.63. The minimum Gasteiger partial charge on any atom is -0.416 e. The molecule has 0 amide bonds. The summed E-state index contributed by atoms with van der Waals surface area (Å²) in [4.78, 5) is 0. The average Bonchev–Trinajstić information content (AvgIpc) is 2.68. The van der Waals surface area contributed by atoms with Crippen LogP contribution >= 0.6 is 0 Å². The van der Waals surface area contributed by atoms with Gasteiger partial charge in [-0.1, -0.05) is 38.2 Å². The zero-order chi connectivity index (χ0) is 9.73. The molecule has 0 aromatic rings. The van der Waals surface area contributed by atoms with Crippen molar-refractivity contribution >= 4 is 8.32 Å². The molecule has 0 heterocycles. The lowest BCUT2D eigenvalue weighted by molar-refractivity contribution is 0.318. The van der Waals surface area contributed by atoms with Crippen LogP contribution in [0.1, 0.15) is 20.8 Å². The predicted molar refractivity (Wildman–Crippen MR) is 60.4 cm³/mol. The van der Waals surface area contributed by atoms with E-state index in [1.54, 1.807) is 0 Å². The summed E-state index contributed by atoms with van der Waals surface area (Å²) in [5, 5.41) is 0. The molecule has 2 heteroatoms. The van der Waals surface area contributed by atoms with E-state index in [1.165, 1.54) is 12.1 Å². The summed E-state index contributed by atoms with van der Waals surface area (Å²) >= 11 is 0. The molecule has 0 aliphatic heterocycles. The van der Waals surface area contributed by atoms with Gasteiger partial charge in [0.25, 0.3) is 0 Å². The van der Waals surface area contributed by atoms with Gasteiger partial charge in [-0.25, -0.2) is 0 Å². The van der Waals surface area contributed by atoms with Crippen LogP contribution in [-0.4, -0.2) is 14.9 Å². The first-order chi connectivity index (χ1) is 6.29. The molecule has 0 spiro atoms. The number of allylic oxidation sites excluding steroid dienone is 4. The summed E-state index contributed by atoms with van der Waals surface area (Å²) in [6.45, 7) is 7.51. The topological polar surface area (TPSA) is 9.23 Å². The minimum absolute atomic E-state index is 0.613. The molecule has 1 rings (SSSR count). The smallest absolute Gasteiger partial charge is 0.202 e. The van der Waals surface area contributed by atoms with Gasteiger partial charge in [-0.15, -0.1) is 0 Å². The van der Waals surface area contributed by atoms with Crippen LogP contribution in [0.4, 0.5) is 0 Å². The molecule has 0 atom stereocenters. The standard InChI is InChI=1S/C11H20OSi/c1-4-12-13(5-2,6-3)11-9-7-8-10-11/h7-11H,4-6H2,1-3H3.